The van der Waals surface area contributed by atoms with Crippen molar-refractivity contribution in [2.24, 2.45) is 5.92 Å². The Morgan fingerprint density at radius 2 is 1.89 bits per heavy atom. The lowest BCUT2D eigenvalue weighted by molar-refractivity contribution is 0.486. The highest BCUT2D eigenvalue weighted by Gasteiger charge is 2.25. The fourth-order valence-electron chi connectivity index (χ4n) is 3.39. The van der Waals surface area contributed by atoms with Gasteiger partial charge in [-0.25, -0.2) is 4.98 Å². The molecular formula is C21H26N2O3S2. The summed E-state index contributed by atoms with van der Waals surface area (Å²) in [4.78, 5) is 5.35. The Kier molecular flexibility index (Phi) is 6.07. The van der Waals surface area contributed by atoms with E-state index in [1.54, 1.807) is 6.20 Å². The Hall–Kier alpha value is -1.96. The molecular weight excluding hydrogens is 392 g/mol. The van der Waals surface area contributed by atoms with Gasteiger partial charge in [0.1, 0.15) is 5.82 Å². The molecule has 3 rings (SSSR count). The van der Waals surface area contributed by atoms with E-state index < -0.39 is 10.1 Å². The number of benzene rings is 1. The lowest BCUT2D eigenvalue weighted by atomic mass is 9.99. The van der Waals surface area contributed by atoms with Crippen molar-refractivity contribution in [2.75, 3.05) is 0 Å². The molecule has 0 atom stereocenters. The minimum Gasteiger partial charge on any atom is -0.331 e. The zero-order valence-electron chi connectivity index (χ0n) is 16.6. The predicted octanol–water partition coefficient (Wildman–Crippen LogP) is 4.98. The van der Waals surface area contributed by atoms with Crippen LogP contribution in [0, 0.1) is 12.8 Å². The number of aromatic nitrogens is 2. The molecule has 0 saturated carbocycles. The van der Waals surface area contributed by atoms with Crippen molar-refractivity contribution in [1.29, 1.82) is 0 Å². The molecule has 0 bridgehead atoms. The quantitative estimate of drug-likeness (QED) is 0.550. The van der Waals surface area contributed by atoms with Crippen LogP contribution in [0.15, 0.2) is 40.9 Å². The van der Waals surface area contributed by atoms with Gasteiger partial charge < -0.3 is 4.57 Å². The van der Waals surface area contributed by atoms with E-state index >= 15 is 0 Å². The van der Waals surface area contributed by atoms with Gasteiger partial charge in [-0.2, -0.15) is 8.42 Å². The molecule has 1 N–H and O–H groups in total. The van der Waals surface area contributed by atoms with E-state index in [9.17, 15) is 13.0 Å². The normalized spacial score (nSPS) is 12.1. The summed E-state index contributed by atoms with van der Waals surface area (Å²) in [5, 5.41) is 0. The summed E-state index contributed by atoms with van der Waals surface area (Å²) in [7, 11) is -4.27. The molecule has 0 aliphatic rings. The van der Waals surface area contributed by atoms with Crippen molar-refractivity contribution in [3.05, 3.63) is 58.5 Å². The Morgan fingerprint density at radius 1 is 1.21 bits per heavy atom. The molecule has 28 heavy (non-hydrogen) atoms. The molecule has 0 unspecified atom stereocenters. The van der Waals surface area contributed by atoms with Crippen molar-refractivity contribution in [3.63, 3.8) is 0 Å². The van der Waals surface area contributed by atoms with Gasteiger partial charge in [-0.15, -0.1) is 11.3 Å². The van der Waals surface area contributed by atoms with Gasteiger partial charge in [0.15, 0.2) is 4.21 Å². The summed E-state index contributed by atoms with van der Waals surface area (Å²) in [6.45, 7) is 8.93. The fraction of sp³-hybridized carbons (Fsp3) is 0.381. The van der Waals surface area contributed by atoms with Crippen molar-refractivity contribution in [3.8, 4) is 11.1 Å². The molecule has 0 aliphatic carbocycles. The summed E-state index contributed by atoms with van der Waals surface area (Å²) >= 11 is 1.18. The smallest absolute Gasteiger partial charge is 0.304 e. The predicted molar refractivity (Wildman–Crippen MR) is 114 cm³/mol. The number of nitrogens with zero attached hydrogens (tertiary/aromatic N) is 2. The van der Waals surface area contributed by atoms with Crippen molar-refractivity contribution in [1.82, 2.24) is 9.55 Å². The third-order valence-electron chi connectivity index (χ3n) is 4.75. The van der Waals surface area contributed by atoms with Gasteiger partial charge in [0, 0.05) is 35.8 Å². The largest absolute Gasteiger partial charge is 0.331 e. The Labute approximate surface area is 170 Å². The van der Waals surface area contributed by atoms with Crippen LogP contribution in [-0.4, -0.2) is 22.5 Å². The Balaban J connectivity index is 1.98. The molecule has 0 amide bonds. The molecule has 2 heterocycles. The van der Waals surface area contributed by atoms with Gasteiger partial charge in [0.2, 0.25) is 0 Å². The molecule has 1 aromatic carbocycles. The van der Waals surface area contributed by atoms with Crippen LogP contribution >= 0.6 is 11.3 Å². The van der Waals surface area contributed by atoms with Crippen LogP contribution in [0.1, 0.15) is 42.6 Å². The van der Waals surface area contributed by atoms with Gasteiger partial charge in [-0.3, -0.25) is 4.55 Å². The number of aryl methyl sites for hydroxylation is 1. The standard InChI is InChI=1S/C21H26N2O3S2/c1-5-19-22-10-11-23(19)13-16-6-8-17(9-7-16)20-15(4)18(12-14(2)3)27-21(20)28(24,25)26/h6-11,14H,5,12-13H2,1-4H3,(H,24,25,26). The zero-order valence-corrected chi connectivity index (χ0v) is 18.3. The molecule has 0 fully saturated rings. The minimum atomic E-state index is -4.27. The third kappa shape index (κ3) is 4.37. The van der Waals surface area contributed by atoms with Gasteiger partial charge in [-0.05, 0) is 36.0 Å². The van der Waals surface area contributed by atoms with Gasteiger partial charge in [0.05, 0.1) is 0 Å². The monoisotopic (exact) mass is 418 g/mol. The van der Waals surface area contributed by atoms with Gasteiger partial charge in [0.25, 0.3) is 0 Å². The van der Waals surface area contributed by atoms with Crippen LogP contribution in [0.5, 0.6) is 0 Å². The summed E-state index contributed by atoms with van der Waals surface area (Å²) in [5.74, 6) is 1.44. The van der Waals surface area contributed by atoms with Crippen LogP contribution < -0.4 is 0 Å². The molecule has 3 aromatic rings. The van der Waals surface area contributed by atoms with Gasteiger partial charge in [-0.1, -0.05) is 45.0 Å². The van der Waals surface area contributed by atoms with Crippen LogP contribution in [-0.2, 0) is 29.5 Å². The third-order valence-corrected chi connectivity index (χ3v) is 7.42. The highest BCUT2D eigenvalue weighted by molar-refractivity contribution is 7.88. The van der Waals surface area contributed by atoms with Crippen LogP contribution in [0.2, 0.25) is 0 Å². The maximum Gasteiger partial charge on any atom is 0.304 e. The van der Waals surface area contributed by atoms with E-state index in [4.69, 9.17) is 0 Å². The highest BCUT2D eigenvalue weighted by Crippen LogP contribution is 2.40. The molecule has 0 spiro atoms. The molecule has 0 saturated heterocycles. The van der Waals surface area contributed by atoms with E-state index in [-0.39, 0.29) is 4.21 Å². The molecule has 5 nitrogen and oxygen atoms in total. The summed E-state index contributed by atoms with van der Waals surface area (Å²) < 4.78 is 35.9. The first-order valence-electron chi connectivity index (χ1n) is 9.39. The zero-order chi connectivity index (χ0) is 20.5. The summed E-state index contributed by atoms with van der Waals surface area (Å²) in [6, 6.07) is 7.87. The van der Waals surface area contributed by atoms with E-state index in [2.05, 4.69) is 30.3 Å². The first kappa shape index (κ1) is 20.8. The second-order valence-electron chi connectivity index (χ2n) is 7.41. The molecule has 7 heteroatoms. The van der Waals surface area contributed by atoms with Crippen LogP contribution in [0.4, 0.5) is 0 Å². The number of rotatable bonds is 7. The average molecular weight is 419 g/mol. The van der Waals surface area contributed by atoms with Crippen molar-refractivity contribution < 1.29 is 13.0 Å². The summed E-state index contributed by atoms with van der Waals surface area (Å²) in [6.07, 6.45) is 5.42. The van der Waals surface area contributed by atoms with Crippen LogP contribution in [0.3, 0.4) is 0 Å². The topological polar surface area (TPSA) is 72.2 Å². The lowest BCUT2D eigenvalue weighted by Crippen LogP contribution is -2.03. The average Bonchev–Trinajstić information content (AvgIpc) is 3.20. The molecule has 0 radical (unpaired) electrons. The minimum absolute atomic E-state index is 0.0382. The number of thiophene rings is 1. The van der Waals surface area contributed by atoms with E-state index in [0.29, 0.717) is 11.5 Å². The Bertz CT molecular complexity index is 1060. The maximum atomic E-state index is 12.0. The SMILES string of the molecule is CCc1nccn1Cc1ccc(-c2c(S(=O)(=O)O)sc(CC(C)C)c2C)cc1. The second kappa shape index (κ2) is 8.19. The maximum absolute atomic E-state index is 12.0. The van der Waals surface area contributed by atoms with Crippen molar-refractivity contribution in [2.45, 2.75) is 51.3 Å². The fourth-order valence-corrected chi connectivity index (χ4v) is 5.91. The molecule has 0 aliphatic heterocycles. The highest BCUT2D eigenvalue weighted by atomic mass is 32.3. The first-order chi connectivity index (χ1) is 13.2. The number of imidazole rings is 1. The van der Waals surface area contributed by atoms with Gasteiger partial charge >= 0.3 is 10.1 Å². The number of hydrogen-bond donors (Lipinski definition) is 1. The number of hydrogen-bond acceptors (Lipinski definition) is 4. The van der Waals surface area contributed by atoms with E-state index in [1.165, 1.54) is 11.3 Å². The molecule has 150 valence electrons. The first-order valence-corrected chi connectivity index (χ1v) is 11.7. The van der Waals surface area contributed by atoms with Crippen molar-refractivity contribution >= 4 is 21.5 Å². The second-order valence-corrected chi connectivity index (χ2v) is 10.1. The van der Waals surface area contributed by atoms with Crippen LogP contribution in [0.25, 0.3) is 11.1 Å². The van der Waals surface area contributed by atoms with E-state index in [1.807, 2.05) is 37.4 Å². The molecule has 2 aromatic heterocycles. The summed E-state index contributed by atoms with van der Waals surface area (Å²) in [5.41, 5.74) is 3.47. The Morgan fingerprint density at radius 3 is 2.46 bits per heavy atom. The lowest BCUT2D eigenvalue weighted by Gasteiger charge is -2.09. The van der Waals surface area contributed by atoms with E-state index in [0.717, 1.165) is 46.8 Å².